The molecule has 88 valence electrons. The maximum atomic E-state index is 12.0. The first-order valence-corrected chi connectivity index (χ1v) is 5.74. The molecule has 0 aliphatic heterocycles. The second-order valence-electron chi connectivity index (χ2n) is 4.19. The highest BCUT2D eigenvalue weighted by molar-refractivity contribution is 5.94. The summed E-state index contributed by atoms with van der Waals surface area (Å²) in [4.78, 5) is 12.0. The van der Waals surface area contributed by atoms with Crippen LogP contribution in [0.25, 0.3) is 0 Å². The van der Waals surface area contributed by atoms with Crippen LogP contribution in [0.3, 0.4) is 0 Å². The van der Waals surface area contributed by atoms with Crippen LogP contribution in [0.1, 0.15) is 28.0 Å². The molecule has 0 bridgehead atoms. The van der Waals surface area contributed by atoms with E-state index in [1.807, 2.05) is 12.1 Å². The SMILES string of the molecule is Cc1ccccc1CCC(=O)c1ccnn1C. The Balaban J connectivity index is 2.02. The Morgan fingerprint density at radius 3 is 2.71 bits per heavy atom. The van der Waals surface area contributed by atoms with Crippen molar-refractivity contribution in [2.75, 3.05) is 0 Å². The molecule has 0 atom stereocenters. The summed E-state index contributed by atoms with van der Waals surface area (Å²) < 4.78 is 1.63. The van der Waals surface area contributed by atoms with Crippen LogP contribution in [-0.4, -0.2) is 15.6 Å². The molecule has 0 aliphatic carbocycles. The Hall–Kier alpha value is -1.90. The normalized spacial score (nSPS) is 10.5. The molecule has 0 amide bonds. The molecule has 1 heterocycles. The maximum Gasteiger partial charge on any atom is 0.181 e. The van der Waals surface area contributed by atoms with E-state index in [0.29, 0.717) is 12.1 Å². The highest BCUT2D eigenvalue weighted by Gasteiger charge is 2.10. The largest absolute Gasteiger partial charge is 0.292 e. The minimum absolute atomic E-state index is 0.147. The third-order valence-corrected chi connectivity index (χ3v) is 2.99. The second kappa shape index (κ2) is 4.95. The Kier molecular flexibility index (Phi) is 3.38. The van der Waals surface area contributed by atoms with Crippen LogP contribution in [0.5, 0.6) is 0 Å². The zero-order valence-corrected chi connectivity index (χ0v) is 10.2. The molecule has 0 N–H and O–H groups in total. The topological polar surface area (TPSA) is 34.9 Å². The molecular formula is C14H16N2O. The summed E-state index contributed by atoms with van der Waals surface area (Å²) in [6.07, 6.45) is 2.97. The average Bonchev–Trinajstić information content (AvgIpc) is 2.74. The van der Waals surface area contributed by atoms with E-state index in [0.717, 1.165) is 6.42 Å². The number of benzene rings is 1. The van der Waals surface area contributed by atoms with Gasteiger partial charge < -0.3 is 0 Å². The molecule has 0 aliphatic rings. The van der Waals surface area contributed by atoms with Crippen LogP contribution >= 0.6 is 0 Å². The highest BCUT2D eigenvalue weighted by Crippen LogP contribution is 2.11. The number of carbonyl (C=O) groups excluding carboxylic acids is 1. The molecule has 3 heteroatoms. The summed E-state index contributed by atoms with van der Waals surface area (Å²) in [6, 6.07) is 9.94. The van der Waals surface area contributed by atoms with Crippen molar-refractivity contribution in [1.29, 1.82) is 0 Å². The van der Waals surface area contributed by atoms with Gasteiger partial charge in [-0.3, -0.25) is 9.48 Å². The minimum Gasteiger partial charge on any atom is -0.292 e. The molecule has 0 fully saturated rings. The van der Waals surface area contributed by atoms with Crippen LogP contribution in [0.15, 0.2) is 36.5 Å². The summed E-state index contributed by atoms with van der Waals surface area (Å²) >= 11 is 0. The highest BCUT2D eigenvalue weighted by atomic mass is 16.1. The molecular weight excluding hydrogens is 212 g/mol. The van der Waals surface area contributed by atoms with Gasteiger partial charge in [-0.25, -0.2) is 0 Å². The predicted octanol–water partition coefficient (Wildman–Crippen LogP) is 2.54. The maximum absolute atomic E-state index is 12.0. The summed E-state index contributed by atoms with van der Waals surface area (Å²) in [5, 5.41) is 4.01. The lowest BCUT2D eigenvalue weighted by Gasteiger charge is -2.05. The predicted molar refractivity (Wildman–Crippen MR) is 67.0 cm³/mol. The van der Waals surface area contributed by atoms with Gasteiger partial charge in [0.25, 0.3) is 0 Å². The standard InChI is InChI=1S/C14H16N2O/c1-11-5-3-4-6-12(11)7-8-14(17)13-9-10-15-16(13)2/h3-6,9-10H,7-8H2,1-2H3. The van der Waals surface area contributed by atoms with E-state index in [4.69, 9.17) is 0 Å². The molecule has 0 unspecified atom stereocenters. The smallest absolute Gasteiger partial charge is 0.181 e. The molecule has 0 saturated carbocycles. The van der Waals surface area contributed by atoms with Crippen LogP contribution in [-0.2, 0) is 13.5 Å². The summed E-state index contributed by atoms with van der Waals surface area (Å²) in [7, 11) is 1.79. The number of nitrogens with zero attached hydrogens (tertiary/aromatic N) is 2. The number of aryl methyl sites for hydroxylation is 3. The van der Waals surface area contributed by atoms with E-state index >= 15 is 0 Å². The fourth-order valence-corrected chi connectivity index (χ4v) is 1.91. The summed E-state index contributed by atoms with van der Waals surface area (Å²) in [5.41, 5.74) is 3.16. The van der Waals surface area contributed by atoms with Crippen LogP contribution in [0.4, 0.5) is 0 Å². The van der Waals surface area contributed by atoms with Gasteiger partial charge in [-0.05, 0) is 30.5 Å². The Bertz CT molecular complexity index is 529. The quantitative estimate of drug-likeness (QED) is 0.754. The van der Waals surface area contributed by atoms with Gasteiger partial charge in [-0.2, -0.15) is 5.10 Å². The van der Waals surface area contributed by atoms with Gasteiger partial charge in [0.2, 0.25) is 0 Å². The molecule has 0 radical (unpaired) electrons. The van der Waals surface area contributed by atoms with E-state index in [9.17, 15) is 4.79 Å². The molecule has 2 rings (SSSR count). The van der Waals surface area contributed by atoms with Crippen molar-refractivity contribution in [2.45, 2.75) is 19.8 Å². The zero-order chi connectivity index (χ0) is 12.3. The van der Waals surface area contributed by atoms with Crippen molar-refractivity contribution < 1.29 is 4.79 Å². The first kappa shape index (κ1) is 11.6. The van der Waals surface area contributed by atoms with Gasteiger partial charge in [-0.15, -0.1) is 0 Å². The van der Waals surface area contributed by atoms with Crippen molar-refractivity contribution in [1.82, 2.24) is 9.78 Å². The number of hydrogen-bond donors (Lipinski definition) is 0. The van der Waals surface area contributed by atoms with Gasteiger partial charge in [0, 0.05) is 19.7 Å². The summed E-state index contributed by atoms with van der Waals surface area (Å²) in [6.45, 7) is 2.07. The lowest BCUT2D eigenvalue weighted by Crippen LogP contribution is -2.08. The average molecular weight is 228 g/mol. The number of hydrogen-bond acceptors (Lipinski definition) is 2. The van der Waals surface area contributed by atoms with Gasteiger partial charge >= 0.3 is 0 Å². The summed E-state index contributed by atoms with van der Waals surface area (Å²) in [5.74, 6) is 0.147. The molecule has 17 heavy (non-hydrogen) atoms. The third-order valence-electron chi connectivity index (χ3n) is 2.99. The van der Waals surface area contributed by atoms with Gasteiger partial charge in [0.1, 0.15) is 5.69 Å². The van der Waals surface area contributed by atoms with E-state index in [1.54, 1.807) is 24.0 Å². The van der Waals surface area contributed by atoms with Gasteiger partial charge in [0.15, 0.2) is 5.78 Å². The first-order chi connectivity index (χ1) is 8.18. The zero-order valence-electron chi connectivity index (χ0n) is 10.2. The lowest BCUT2D eigenvalue weighted by molar-refractivity contribution is 0.0973. The monoisotopic (exact) mass is 228 g/mol. The molecule has 1 aromatic heterocycles. The number of Topliss-reactive ketones (excluding diaryl/α,β-unsaturated/α-hetero) is 1. The number of ketones is 1. The van der Waals surface area contributed by atoms with E-state index < -0.39 is 0 Å². The number of rotatable bonds is 4. The fraction of sp³-hybridized carbons (Fsp3) is 0.286. The molecule has 0 spiro atoms. The van der Waals surface area contributed by atoms with Crippen molar-refractivity contribution >= 4 is 5.78 Å². The third kappa shape index (κ3) is 2.61. The van der Waals surface area contributed by atoms with Crippen molar-refractivity contribution in [3.8, 4) is 0 Å². The van der Waals surface area contributed by atoms with Crippen molar-refractivity contribution in [2.24, 2.45) is 7.05 Å². The van der Waals surface area contributed by atoms with E-state index in [1.165, 1.54) is 11.1 Å². The second-order valence-corrected chi connectivity index (χ2v) is 4.19. The Morgan fingerprint density at radius 1 is 1.29 bits per heavy atom. The molecule has 3 nitrogen and oxygen atoms in total. The molecule has 2 aromatic rings. The minimum atomic E-state index is 0.147. The first-order valence-electron chi connectivity index (χ1n) is 5.74. The molecule has 1 aromatic carbocycles. The van der Waals surface area contributed by atoms with Crippen LogP contribution in [0, 0.1) is 6.92 Å². The van der Waals surface area contributed by atoms with Gasteiger partial charge in [0.05, 0.1) is 0 Å². The van der Waals surface area contributed by atoms with E-state index in [-0.39, 0.29) is 5.78 Å². The van der Waals surface area contributed by atoms with E-state index in [2.05, 4.69) is 24.2 Å². The number of carbonyl (C=O) groups is 1. The van der Waals surface area contributed by atoms with Gasteiger partial charge in [-0.1, -0.05) is 24.3 Å². The van der Waals surface area contributed by atoms with Crippen LogP contribution < -0.4 is 0 Å². The Labute approximate surface area is 101 Å². The van der Waals surface area contributed by atoms with Crippen LogP contribution in [0.2, 0.25) is 0 Å². The number of aromatic nitrogens is 2. The van der Waals surface area contributed by atoms with Crippen molar-refractivity contribution in [3.63, 3.8) is 0 Å². The lowest BCUT2D eigenvalue weighted by atomic mass is 10.0. The molecule has 0 saturated heterocycles. The van der Waals surface area contributed by atoms with Crippen molar-refractivity contribution in [3.05, 3.63) is 53.3 Å². The Morgan fingerprint density at radius 2 is 2.06 bits per heavy atom. The fourth-order valence-electron chi connectivity index (χ4n) is 1.91.